The van der Waals surface area contributed by atoms with Gasteiger partial charge in [0, 0.05) is 35.4 Å². The fraction of sp³-hybridized carbons (Fsp3) is 0.286. The zero-order valence-corrected chi connectivity index (χ0v) is 10.7. The van der Waals surface area contributed by atoms with Crippen LogP contribution in [-0.2, 0) is 0 Å². The second-order valence-electron chi connectivity index (χ2n) is 4.53. The molecule has 18 heavy (non-hydrogen) atoms. The number of carboxylic acids is 1. The second-order valence-corrected chi connectivity index (χ2v) is 4.53. The highest BCUT2D eigenvalue weighted by Gasteiger charge is 2.19. The molecular formula is C14H16N2O2. The highest BCUT2D eigenvalue weighted by molar-refractivity contribution is 5.91. The Labute approximate surface area is 106 Å². The SMILES string of the molecule is Cc1c(C(=O)O)cc(-c2ccncc2)n1C(C)C. The lowest BCUT2D eigenvalue weighted by Gasteiger charge is -2.15. The average molecular weight is 244 g/mol. The summed E-state index contributed by atoms with van der Waals surface area (Å²) in [4.78, 5) is 15.2. The summed E-state index contributed by atoms with van der Waals surface area (Å²) in [5.74, 6) is -0.887. The van der Waals surface area contributed by atoms with Crippen molar-refractivity contribution in [2.24, 2.45) is 0 Å². The molecule has 0 radical (unpaired) electrons. The smallest absolute Gasteiger partial charge is 0.337 e. The third kappa shape index (κ3) is 2.01. The number of aromatic nitrogens is 2. The Morgan fingerprint density at radius 1 is 1.33 bits per heavy atom. The molecule has 0 bridgehead atoms. The van der Waals surface area contributed by atoms with Gasteiger partial charge in [-0.3, -0.25) is 4.98 Å². The summed E-state index contributed by atoms with van der Waals surface area (Å²) in [6.07, 6.45) is 3.42. The summed E-state index contributed by atoms with van der Waals surface area (Å²) < 4.78 is 2.04. The van der Waals surface area contributed by atoms with Crippen molar-refractivity contribution in [3.05, 3.63) is 41.9 Å². The second kappa shape index (κ2) is 4.64. The Bertz CT molecular complexity index is 571. The summed E-state index contributed by atoms with van der Waals surface area (Å²) in [6.45, 7) is 5.93. The van der Waals surface area contributed by atoms with Crippen molar-refractivity contribution in [1.29, 1.82) is 0 Å². The van der Waals surface area contributed by atoms with Crippen LogP contribution in [0.25, 0.3) is 11.3 Å². The lowest BCUT2D eigenvalue weighted by Crippen LogP contribution is -2.06. The van der Waals surface area contributed by atoms with Crippen LogP contribution in [0, 0.1) is 6.92 Å². The number of aromatic carboxylic acids is 1. The standard InChI is InChI=1S/C14H16N2O2/c1-9(2)16-10(3)12(14(17)18)8-13(16)11-4-6-15-7-5-11/h4-9H,1-3H3,(H,17,18). The van der Waals surface area contributed by atoms with Crippen LogP contribution in [0.1, 0.15) is 35.9 Å². The van der Waals surface area contributed by atoms with Crippen LogP contribution < -0.4 is 0 Å². The third-order valence-electron chi connectivity index (χ3n) is 3.01. The summed E-state index contributed by atoms with van der Waals surface area (Å²) >= 11 is 0. The molecule has 0 unspecified atom stereocenters. The molecule has 94 valence electrons. The molecule has 2 rings (SSSR count). The van der Waals surface area contributed by atoms with Gasteiger partial charge in [-0.2, -0.15) is 0 Å². The monoisotopic (exact) mass is 244 g/mol. The van der Waals surface area contributed by atoms with E-state index in [1.807, 2.05) is 37.5 Å². The van der Waals surface area contributed by atoms with Crippen LogP contribution in [0.3, 0.4) is 0 Å². The Balaban J connectivity index is 2.67. The summed E-state index contributed by atoms with van der Waals surface area (Å²) in [5, 5.41) is 9.21. The number of carboxylic acid groups (broad SMARTS) is 1. The highest BCUT2D eigenvalue weighted by Crippen LogP contribution is 2.28. The van der Waals surface area contributed by atoms with Gasteiger partial charge in [0.1, 0.15) is 0 Å². The molecule has 1 N–H and O–H groups in total. The van der Waals surface area contributed by atoms with Crippen LogP contribution in [-0.4, -0.2) is 20.6 Å². The van der Waals surface area contributed by atoms with Crippen molar-refractivity contribution in [3.8, 4) is 11.3 Å². The van der Waals surface area contributed by atoms with Gasteiger partial charge in [0.05, 0.1) is 5.56 Å². The predicted octanol–water partition coefficient (Wildman–Crippen LogP) is 3.14. The molecule has 0 amide bonds. The number of pyridine rings is 1. The molecule has 0 aliphatic rings. The van der Waals surface area contributed by atoms with E-state index in [1.165, 1.54) is 0 Å². The van der Waals surface area contributed by atoms with Crippen molar-refractivity contribution in [2.45, 2.75) is 26.8 Å². The summed E-state index contributed by atoms with van der Waals surface area (Å²) in [6, 6.07) is 5.72. The van der Waals surface area contributed by atoms with E-state index in [0.717, 1.165) is 17.0 Å². The van der Waals surface area contributed by atoms with Gasteiger partial charge in [0.2, 0.25) is 0 Å². The topological polar surface area (TPSA) is 55.1 Å². The Morgan fingerprint density at radius 3 is 2.44 bits per heavy atom. The van der Waals surface area contributed by atoms with Gasteiger partial charge in [0.25, 0.3) is 0 Å². The lowest BCUT2D eigenvalue weighted by molar-refractivity contribution is 0.0696. The molecule has 2 aromatic rings. The van der Waals surface area contributed by atoms with E-state index in [4.69, 9.17) is 0 Å². The number of hydrogen-bond donors (Lipinski definition) is 1. The lowest BCUT2D eigenvalue weighted by atomic mass is 10.2. The van der Waals surface area contributed by atoms with E-state index in [9.17, 15) is 9.90 Å². The first-order valence-corrected chi connectivity index (χ1v) is 5.88. The average Bonchev–Trinajstić information content (AvgIpc) is 2.68. The van der Waals surface area contributed by atoms with E-state index >= 15 is 0 Å². The van der Waals surface area contributed by atoms with E-state index in [0.29, 0.717) is 5.56 Å². The molecule has 2 heterocycles. The Kier molecular flexibility index (Phi) is 3.19. The van der Waals surface area contributed by atoms with Crippen molar-refractivity contribution in [2.75, 3.05) is 0 Å². The molecule has 2 aromatic heterocycles. The quantitative estimate of drug-likeness (QED) is 0.902. The molecule has 0 saturated heterocycles. The van der Waals surface area contributed by atoms with Gasteiger partial charge >= 0.3 is 5.97 Å². The van der Waals surface area contributed by atoms with Crippen molar-refractivity contribution >= 4 is 5.97 Å². The molecule has 0 aliphatic heterocycles. The van der Waals surface area contributed by atoms with Crippen LogP contribution in [0.2, 0.25) is 0 Å². The zero-order chi connectivity index (χ0) is 13.3. The highest BCUT2D eigenvalue weighted by atomic mass is 16.4. The van der Waals surface area contributed by atoms with Gasteiger partial charge < -0.3 is 9.67 Å². The van der Waals surface area contributed by atoms with Gasteiger partial charge in [-0.15, -0.1) is 0 Å². The molecule has 0 aliphatic carbocycles. The Morgan fingerprint density at radius 2 is 1.94 bits per heavy atom. The first-order valence-electron chi connectivity index (χ1n) is 5.88. The van der Waals surface area contributed by atoms with E-state index in [-0.39, 0.29) is 6.04 Å². The number of nitrogens with zero attached hydrogens (tertiary/aromatic N) is 2. The van der Waals surface area contributed by atoms with Crippen molar-refractivity contribution in [3.63, 3.8) is 0 Å². The van der Waals surface area contributed by atoms with E-state index in [2.05, 4.69) is 4.98 Å². The maximum atomic E-state index is 11.2. The molecule has 4 nitrogen and oxygen atoms in total. The normalized spacial score (nSPS) is 10.9. The van der Waals surface area contributed by atoms with Gasteiger partial charge in [-0.1, -0.05) is 0 Å². The number of carbonyl (C=O) groups is 1. The molecule has 0 atom stereocenters. The maximum absolute atomic E-state index is 11.2. The van der Waals surface area contributed by atoms with Crippen molar-refractivity contribution in [1.82, 2.24) is 9.55 Å². The first kappa shape index (κ1) is 12.4. The largest absolute Gasteiger partial charge is 0.478 e. The number of hydrogen-bond acceptors (Lipinski definition) is 2. The summed E-state index contributed by atoms with van der Waals surface area (Å²) in [7, 11) is 0. The Hall–Kier alpha value is -2.10. The van der Waals surface area contributed by atoms with Gasteiger partial charge in [-0.05, 0) is 39.0 Å². The molecule has 0 spiro atoms. The zero-order valence-electron chi connectivity index (χ0n) is 10.7. The summed E-state index contributed by atoms with van der Waals surface area (Å²) in [5.41, 5.74) is 3.04. The van der Waals surface area contributed by atoms with Crippen LogP contribution in [0.4, 0.5) is 0 Å². The molecule has 0 aromatic carbocycles. The molecular weight excluding hydrogens is 228 g/mol. The third-order valence-corrected chi connectivity index (χ3v) is 3.01. The van der Waals surface area contributed by atoms with Crippen molar-refractivity contribution < 1.29 is 9.90 Å². The molecule has 4 heteroatoms. The minimum Gasteiger partial charge on any atom is -0.478 e. The van der Waals surface area contributed by atoms with Gasteiger partial charge in [-0.25, -0.2) is 4.79 Å². The molecule has 0 fully saturated rings. The van der Waals surface area contributed by atoms with E-state index < -0.39 is 5.97 Å². The number of rotatable bonds is 3. The minimum absolute atomic E-state index is 0.210. The molecule has 0 saturated carbocycles. The van der Waals surface area contributed by atoms with Crippen LogP contribution in [0.15, 0.2) is 30.6 Å². The maximum Gasteiger partial charge on any atom is 0.337 e. The van der Waals surface area contributed by atoms with Crippen LogP contribution >= 0.6 is 0 Å². The first-order chi connectivity index (χ1) is 8.52. The fourth-order valence-electron chi connectivity index (χ4n) is 2.25. The minimum atomic E-state index is -0.887. The van der Waals surface area contributed by atoms with Gasteiger partial charge in [0.15, 0.2) is 0 Å². The predicted molar refractivity (Wildman–Crippen MR) is 69.7 cm³/mol. The van der Waals surface area contributed by atoms with Crippen LogP contribution in [0.5, 0.6) is 0 Å². The fourth-order valence-corrected chi connectivity index (χ4v) is 2.25. The van der Waals surface area contributed by atoms with E-state index in [1.54, 1.807) is 18.5 Å².